The third kappa shape index (κ3) is 3.22. The Morgan fingerprint density at radius 1 is 1.30 bits per heavy atom. The summed E-state index contributed by atoms with van der Waals surface area (Å²) in [5, 5.41) is 7.46. The van der Waals surface area contributed by atoms with Gasteiger partial charge in [0.05, 0.1) is 16.0 Å². The normalized spacial score (nSPS) is 13.5. The fourth-order valence-electron chi connectivity index (χ4n) is 1.58. The van der Waals surface area contributed by atoms with Gasteiger partial charge in [0, 0.05) is 4.47 Å². The van der Waals surface area contributed by atoms with Crippen LogP contribution in [0.15, 0.2) is 27.1 Å². The Morgan fingerprint density at radius 3 is 2.60 bits per heavy atom. The van der Waals surface area contributed by atoms with Crippen LogP contribution >= 0.6 is 31.9 Å². The Labute approximate surface area is 129 Å². The lowest BCUT2D eigenvalue weighted by Gasteiger charge is -2.10. The molecule has 0 aliphatic carbocycles. The minimum atomic E-state index is -4.49. The second kappa shape index (κ2) is 5.85. The minimum absolute atomic E-state index is 0.129. The number of benzene rings is 1. The molecule has 0 bridgehead atoms. The Hall–Kier alpha value is -0.890. The van der Waals surface area contributed by atoms with Gasteiger partial charge in [-0.1, -0.05) is 38.8 Å². The maximum atomic E-state index is 13.0. The summed E-state index contributed by atoms with van der Waals surface area (Å²) < 4.78 is 44.7. The SMILES string of the molecule is CCC(Br)c1nnc(-c2ccc(Br)cc2C(F)(F)F)o1. The van der Waals surface area contributed by atoms with E-state index in [1.54, 1.807) is 0 Å². The molecule has 0 saturated carbocycles. The van der Waals surface area contributed by atoms with Gasteiger partial charge in [-0.2, -0.15) is 13.2 Å². The van der Waals surface area contributed by atoms with Crippen molar-refractivity contribution in [2.45, 2.75) is 24.3 Å². The average molecular weight is 414 g/mol. The van der Waals surface area contributed by atoms with E-state index in [0.29, 0.717) is 10.9 Å². The fourth-order valence-corrected chi connectivity index (χ4v) is 2.13. The molecule has 1 heterocycles. The van der Waals surface area contributed by atoms with Crippen LogP contribution in [0.5, 0.6) is 0 Å². The van der Waals surface area contributed by atoms with Gasteiger partial charge >= 0.3 is 6.18 Å². The second-order valence-corrected chi connectivity index (χ2v) is 6.03. The molecule has 0 radical (unpaired) electrons. The van der Waals surface area contributed by atoms with Crippen molar-refractivity contribution in [3.8, 4) is 11.5 Å². The van der Waals surface area contributed by atoms with Crippen molar-refractivity contribution >= 4 is 31.9 Å². The Morgan fingerprint density at radius 2 is 2.00 bits per heavy atom. The second-order valence-electron chi connectivity index (χ2n) is 4.01. The lowest BCUT2D eigenvalue weighted by atomic mass is 10.1. The molecule has 108 valence electrons. The van der Waals surface area contributed by atoms with Crippen LogP contribution in [0.1, 0.15) is 29.6 Å². The lowest BCUT2D eigenvalue weighted by Crippen LogP contribution is -2.07. The van der Waals surface area contributed by atoms with Gasteiger partial charge in [0.25, 0.3) is 0 Å². The third-order valence-electron chi connectivity index (χ3n) is 2.58. The van der Waals surface area contributed by atoms with Gasteiger partial charge in [-0.15, -0.1) is 10.2 Å². The van der Waals surface area contributed by atoms with E-state index in [1.807, 2.05) is 6.92 Å². The Balaban J connectivity index is 2.50. The highest BCUT2D eigenvalue weighted by Gasteiger charge is 2.35. The van der Waals surface area contributed by atoms with Gasteiger partial charge < -0.3 is 4.42 Å². The summed E-state index contributed by atoms with van der Waals surface area (Å²) in [6.07, 6.45) is -3.81. The van der Waals surface area contributed by atoms with Crippen molar-refractivity contribution in [1.82, 2.24) is 10.2 Å². The van der Waals surface area contributed by atoms with Gasteiger partial charge in [0.15, 0.2) is 0 Å². The highest BCUT2D eigenvalue weighted by molar-refractivity contribution is 9.10. The van der Waals surface area contributed by atoms with Gasteiger partial charge in [0.2, 0.25) is 11.8 Å². The van der Waals surface area contributed by atoms with Crippen molar-refractivity contribution in [3.63, 3.8) is 0 Å². The lowest BCUT2D eigenvalue weighted by molar-refractivity contribution is -0.137. The molecule has 0 aliphatic rings. The summed E-state index contributed by atoms with van der Waals surface area (Å²) in [6.45, 7) is 1.89. The average Bonchev–Trinajstić information content (AvgIpc) is 2.86. The Bertz CT molecular complexity index is 613. The van der Waals surface area contributed by atoms with Crippen LogP contribution in [0, 0.1) is 0 Å². The van der Waals surface area contributed by atoms with Gasteiger partial charge in [0.1, 0.15) is 0 Å². The molecule has 0 fully saturated rings. The van der Waals surface area contributed by atoms with Crippen LogP contribution in [-0.2, 0) is 6.18 Å². The summed E-state index contributed by atoms with van der Waals surface area (Å²) in [5.41, 5.74) is -0.944. The molecule has 0 N–H and O–H groups in total. The van der Waals surface area contributed by atoms with Crippen LogP contribution in [-0.4, -0.2) is 10.2 Å². The molecule has 20 heavy (non-hydrogen) atoms. The van der Waals surface area contributed by atoms with Crippen LogP contribution in [0.2, 0.25) is 0 Å². The fraction of sp³-hybridized carbons (Fsp3) is 0.333. The van der Waals surface area contributed by atoms with Crippen molar-refractivity contribution < 1.29 is 17.6 Å². The first-order chi connectivity index (χ1) is 9.32. The van der Waals surface area contributed by atoms with Gasteiger partial charge in [-0.3, -0.25) is 0 Å². The zero-order valence-electron chi connectivity index (χ0n) is 10.2. The van der Waals surface area contributed by atoms with Crippen molar-refractivity contribution in [3.05, 3.63) is 34.1 Å². The largest absolute Gasteiger partial charge is 0.419 e. The molecule has 1 aromatic carbocycles. The van der Waals surface area contributed by atoms with Crippen LogP contribution in [0.25, 0.3) is 11.5 Å². The molecular weight excluding hydrogens is 405 g/mol. The molecule has 8 heteroatoms. The van der Waals surface area contributed by atoms with Crippen molar-refractivity contribution in [1.29, 1.82) is 0 Å². The van der Waals surface area contributed by atoms with E-state index in [1.165, 1.54) is 12.1 Å². The number of rotatable bonds is 3. The molecule has 0 saturated heterocycles. The summed E-state index contributed by atoms with van der Waals surface area (Å²) in [5.74, 6) is 0.122. The van der Waals surface area contributed by atoms with E-state index in [4.69, 9.17) is 4.42 Å². The molecule has 3 nitrogen and oxygen atoms in total. The Kier molecular flexibility index (Phi) is 4.53. The van der Waals surface area contributed by atoms with Crippen LogP contribution in [0.4, 0.5) is 13.2 Å². The smallest absolute Gasteiger partial charge is 0.417 e. The summed E-state index contributed by atoms with van der Waals surface area (Å²) >= 11 is 6.34. The first-order valence-electron chi connectivity index (χ1n) is 5.67. The van der Waals surface area contributed by atoms with E-state index in [9.17, 15) is 13.2 Å². The maximum absolute atomic E-state index is 13.0. The number of nitrogens with zero attached hydrogens (tertiary/aromatic N) is 2. The standard InChI is InChI=1S/C12H9Br2F3N2O/c1-2-9(14)11-19-18-10(20-11)7-4-3-6(13)5-8(7)12(15,16)17/h3-5,9H,2H2,1H3. The monoisotopic (exact) mass is 412 g/mol. The summed E-state index contributed by atoms with van der Waals surface area (Å²) in [6, 6.07) is 3.80. The quantitative estimate of drug-likeness (QED) is 0.635. The summed E-state index contributed by atoms with van der Waals surface area (Å²) in [7, 11) is 0. The zero-order chi connectivity index (χ0) is 14.9. The van der Waals surface area contributed by atoms with E-state index < -0.39 is 11.7 Å². The number of hydrogen-bond donors (Lipinski definition) is 0. The third-order valence-corrected chi connectivity index (χ3v) is 4.12. The topological polar surface area (TPSA) is 38.9 Å². The molecule has 2 rings (SSSR count). The molecule has 2 aromatic rings. The predicted octanol–water partition coefficient (Wildman–Crippen LogP) is 5.36. The van der Waals surface area contributed by atoms with Crippen molar-refractivity contribution in [2.75, 3.05) is 0 Å². The van der Waals surface area contributed by atoms with Crippen molar-refractivity contribution in [2.24, 2.45) is 0 Å². The predicted molar refractivity (Wildman–Crippen MR) is 74.4 cm³/mol. The van der Waals surface area contributed by atoms with E-state index >= 15 is 0 Å². The van der Waals surface area contributed by atoms with Gasteiger partial charge in [-0.05, 0) is 24.6 Å². The number of alkyl halides is 4. The summed E-state index contributed by atoms with van der Waals surface area (Å²) in [4.78, 5) is -0.173. The number of aromatic nitrogens is 2. The van der Waals surface area contributed by atoms with Gasteiger partial charge in [-0.25, -0.2) is 0 Å². The molecule has 0 aliphatic heterocycles. The molecule has 0 amide bonds. The molecule has 1 unspecified atom stereocenters. The van der Waals surface area contributed by atoms with E-state index in [2.05, 4.69) is 42.1 Å². The van der Waals surface area contributed by atoms with Crippen LogP contribution in [0.3, 0.4) is 0 Å². The van der Waals surface area contributed by atoms with E-state index in [0.717, 1.165) is 6.07 Å². The molecular formula is C12H9Br2F3N2O. The highest BCUT2D eigenvalue weighted by atomic mass is 79.9. The first kappa shape index (κ1) is 15.5. The molecule has 0 spiro atoms. The minimum Gasteiger partial charge on any atom is -0.419 e. The van der Waals surface area contributed by atoms with Crippen LogP contribution < -0.4 is 0 Å². The maximum Gasteiger partial charge on any atom is 0.417 e. The molecule has 1 atom stereocenters. The van der Waals surface area contributed by atoms with E-state index in [-0.39, 0.29) is 22.2 Å². The highest BCUT2D eigenvalue weighted by Crippen LogP contribution is 2.38. The number of halogens is 5. The first-order valence-corrected chi connectivity index (χ1v) is 7.38. The molecule has 1 aromatic heterocycles. The zero-order valence-corrected chi connectivity index (χ0v) is 13.4. The number of hydrogen-bond acceptors (Lipinski definition) is 3.